The normalized spacial score (nSPS) is 10.3. The number of non-ortho nitro benzene ring substituents is 1. The molecule has 3 N–H and O–H groups in total. The molecule has 0 saturated carbocycles. The topological polar surface area (TPSA) is 124 Å². The Hall–Kier alpha value is -3.52. The molecule has 0 unspecified atom stereocenters. The molecule has 0 aliphatic heterocycles. The Morgan fingerprint density at radius 1 is 1.00 bits per heavy atom. The number of carbonyl (C=O) groups is 1. The molecule has 130 valence electrons. The van der Waals surface area contributed by atoms with Crippen molar-refractivity contribution in [3.63, 3.8) is 0 Å². The van der Waals surface area contributed by atoms with Crippen molar-refractivity contribution in [2.75, 3.05) is 5.32 Å². The van der Waals surface area contributed by atoms with Crippen LogP contribution in [0, 0.1) is 10.1 Å². The number of benzene rings is 2. The van der Waals surface area contributed by atoms with Crippen molar-refractivity contribution in [3.8, 4) is 22.5 Å². The monoisotopic (exact) mass is 369 g/mol. The quantitative estimate of drug-likeness (QED) is 0.533. The van der Waals surface area contributed by atoms with Crippen LogP contribution in [0.3, 0.4) is 0 Å². The van der Waals surface area contributed by atoms with Gasteiger partial charge in [0, 0.05) is 28.3 Å². The molecule has 3 aromatic rings. The highest BCUT2D eigenvalue weighted by molar-refractivity contribution is 6.30. The zero-order valence-corrected chi connectivity index (χ0v) is 14.0. The molecule has 0 spiro atoms. The summed E-state index contributed by atoms with van der Waals surface area (Å²) in [4.78, 5) is 30.0. The minimum absolute atomic E-state index is 0.0262. The van der Waals surface area contributed by atoms with Crippen LogP contribution >= 0.6 is 11.6 Å². The van der Waals surface area contributed by atoms with E-state index in [4.69, 9.17) is 17.3 Å². The van der Waals surface area contributed by atoms with Crippen LogP contribution < -0.4 is 11.1 Å². The number of primary amides is 1. The Morgan fingerprint density at radius 3 is 1.96 bits per heavy atom. The summed E-state index contributed by atoms with van der Waals surface area (Å²) in [5.74, 6) is 0.0262. The number of urea groups is 1. The van der Waals surface area contributed by atoms with Crippen molar-refractivity contribution in [3.05, 3.63) is 69.7 Å². The summed E-state index contributed by atoms with van der Waals surface area (Å²) in [6.07, 6.45) is 0. The van der Waals surface area contributed by atoms with Gasteiger partial charge in [-0.25, -0.2) is 14.8 Å². The number of rotatable bonds is 4. The predicted molar refractivity (Wildman–Crippen MR) is 97.8 cm³/mol. The van der Waals surface area contributed by atoms with E-state index in [2.05, 4.69) is 15.3 Å². The lowest BCUT2D eigenvalue weighted by atomic mass is 10.1. The van der Waals surface area contributed by atoms with Crippen LogP contribution in [-0.2, 0) is 0 Å². The van der Waals surface area contributed by atoms with Crippen molar-refractivity contribution >= 4 is 29.3 Å². The zero-order valence-electron chi connectivity index (χ0n) is 13.2. The first kappa shape index (κ1) is 17.3. The zero-order chi connectivity index (χ0) is 18.7. The molecule has 3 rings (SSSR count). The van der Waals surface area contributed by atoms with Gasteiger partial charge in [0.2, 0.25) is 5.95 Å². The minimum atomic E-state index is -0.798. The number of nitrogens with two attached hydrogens (primary N) is 1. The molecule has 1 aromatic heterocycles. The number of amides is 2. The van der Waals surface area contributed by atoms with E-state index in [0.717, 1.165) is 5.56 Å². The number of hydrogen-bond donors (Lipinski definition) is 2. The van der Waals surface area contributed by atoms with Crippen molar-refractivity contribution in [1.29, 1.82) is 0 Å². The minimum Gasteiger partial charge on any atom is -0.351 e. The fraction of sp³-hybridized carbons (Fsp3) is 0. The van der Waals surface area contributed by atoms with Crippen LogP contribution in [0.15, 0.2) is 54.6 Å². The van der Waals surface area contributed by atoms with Crippen LogP contribution in [0.4, 0.5) is 16.4 Å². The van der Waals surface area contributed by atoms with Crippen molar-refractivity contribution in [1.82, 2.24) is 9.97 Å². The summed E-state index contributed by atoms with van der Waals surface area (Å²) in [5, 5.41) is 13.7. The fourth-order valence-electron chi connectivity index (χ4n) is 2.28. The molecule has 9 heteroatoms. The summed E-state index contributed by atoms with van der Waals surface area (Å²) in [6, 6.07) is 13.8. The van der Waals surface area contributed by atoms with Gasteiger partial charge in [-0.05, 0) is 30.3 Å². The van der Waals surface area contributed by atoms with Gasteiger partial charge < -0.3 is 5.73 Å². The molecule has 2 aromatic carbocycles. The number of hydrogen-bond acceptors (Lipinski definition) is 5. The number of nitro benzene ring substituents is 1. The maximum atomic E-state index is 11.2. The number of nitro groups is 1. The van der Waals surface area contributed by atoms with E-state index in [1.807, 2.05) is 0 Å². The molecular formula is C17H12ClN5O3. The lowest BCUT2D eigenvalue weighted by Gasteiger charge is -2.09. The van der Waals surface area contributed by atoms with Crippen molar-refractivity contribution in [2.45, 2.75) is 0 Å². The number of halogens is 1. The summed E-state index contributed by atoms with van der Waals surface area (Å²) in [6.45, 7) is 0. The Balaban J connectivity index is 2.08. The second kappa shape index (κ2) is 7.16. The highest BCUT2D eigenvalue weighted by Crippen LogP contribution is 2.27. The molecule has 0 aliphatic carbocycles. The highest BCUT2D eigenvalue weighted by Gasteiger charge is 2.11. The van der Waals surface area contributed by atoms with E-state index in [0.29, 0.717) is 22.0 Å². The molecule has 8 nitrogen and oxygen atoms in total. The van der Waals surface area contributed by atoms with Gasteiger partial charge in [-0.15, -0.1) is 0 Å². The van der Waals surface area contributed by atoms with Crippen LogP contribution in [0.5, 0.6) is 0 Å². The van der Waals surface area contributed by atoms with Gasteiger partial charge in [-0.2, -0.15) is 0 Å². The maximum Gasteiger partial charge on any atom is 0.319 e. The smallest absolute Gasteiger partial charge is 0.319 e. The third kappa shape index (κ3) is 3.93. The summed E-state index contributed by atoms with van der Waals surface area (Å²) >= 11 is 5.91. The lowest BCUT2D eigenvalue weighted by molar-refractivity contribution is -0.384. The largest absolute Gasteiger partial charge is 0.351 e. The van der Waals surface area contributed by atoms with Crippen molar-refractivity contribution in [2.24, 2.45) is 5.73 Å². The SMILES string of the molecule is NC(=O)Nc1nc(-c2ccc(Cl)cc2)cc(-c2ccc([N+](=O)[O-])cc2)n1. The Morgan fingerprint density at radius 2 is 1.50 bits per heavy atom. The van der Waals surface area contributed by atoms with Gasteiger partial charge in [0.15, 0.2) is 0 Å². The first-order valence-corrected chi connectivity index (χ1v) is 7.76. The highest BCUT2D eigenvalue weighted by atomic mass is 35.5. The number of anilines is 1. The first-order chi connectivity index (χ1) is 12.4. The molecule has 0 radical (unpaired) electrons. The summed E-state index contributed by atoms with van der Waals surface area (Å²) in [5.41, 5.74) is 7.52. The van der Waals surface area contributed by atoms with E-state index in [1.165, 1.54) is 12.1 Å². The summed E-state index contributed by atoms with van der Waals surface area (Å²) in [7, 11) is 0. The molecule has 26 heavy (non-hydrogen) atoms. The van der Waals surface area contributed by atoms with Crippen LogP contribution in [0.2, 0.25) is 5.02 Å². The summed E-state index contributed by atoms with van der Waals surface area (Å²) < 4.78 is 0. The second-order valence-electron chi connectivity index (χ2n) is 5.26. The van der Waals surface area contributed by atoms with E-state index in [1.54, 1.807) is 42.5 Å². The van der Waals surface area contributed by atoms with Crippen LogP contribution in [0.25, 0.3) is 22.5 Å². The average Bonchev–Trinajstić information content (AvgIpc) is 2.61. The molecule has 1 heterocycles. The average molecular weight is 370 g/mol. The Labute approximate surface area is 152 Å². The lowest BCUT2D eigenvalue weighted by Crippen LogP contribution is -2.21. The molecule has 0 bridgehead atoms. The van der Waals surface area contributed by atoms with Gasteiger partial charge >= 0.3 is 6.03 Å². The van der Waals surface area contributed by atoms with Gasteiger partial charge in [0.1, 0.15) is 0 Å². The third-order valence-corrected chi connectivity index (χ3v) is 3.73. The Bertz CT molecular complexity index is 975. The van der Waals surface area contributed by atoms with Crippen molar-refractivity contribution < 1.29 is 9.72 Å². The standard InChI is InChI=1S/C17H12ClN5O3/c18-12-5-1-10(2-6-12)14-9-15(21-17(20-14)22-16(19)24)11-3-7-13(8-4-11)23(25)26/h1-9H,(H3,19,20,21,22,24). The van der Waals surface area contributed by atoms with Gasteiger partial charge in [-0.1, -0.05) is 23.7 Å². The third-order valence-electron chi connectivity index (χ3n) is 3.48. The molecule has 0 fully saturated rings. The van der Waals surface area contributed by atoms with Crippen LogP contribution in [-0.4, -0.2) is 20.9 Å². The van der Waals surface area contributed by atoms with E-state index in [-0.39, 0.29) is 11.6 Å². The van der Waals surface area contributed by atoms with Gasteiger partial charge in [0.25, 0.3) is 5.69 Å². The maximum absolute atomic E-state index is 11.2. The van der Waals surface area contributed by atoms with E-state index >= 15 is 0 Å². The molecule has 0 aliphatic rings. The van der Waals surface area contributed by atoms with Crippen LogP contribution in [0.1, 0.15) is 0 Å². The van der Waals surface area contributed by atoms with E-state index in [9.17, 15) is 14.9 Å². The number of nitrogens with zero attached hydrogens (tertiary/aromatic N) is 3. The number of nitrogens with one attached hydrogen (secondary N) is 1. The molecule has 0 saturated heterocycles. The second-order valence-corrected chi connectivity index (χ2v) is 5.70. The first-order valence-electron chi connectivity index (χ1n) is 7.39. The molecule has 2 amide bonds. The number of carbonyl (C=O) groups excluding carboxylic acids is 1. The predicted octanol–water partition coefficient (Wildman–Crippen LogP) is 3.86. The number of aromatic nitrogens is 2. The molecular weight excluding hydrogens is 358 g/mol. The Kier molecular flexibility index (Phi) is 4.76. The van der Waals surface area contributed by atoms with Gasteiger partial charge in [-0.3, -0.25) is 15.4 Å². The molecule has 0 atom stereocenters. The van der Waals surface area contributed by atoms with E-state index < -0.39 is 11.0 Å². The van der Waals surface area contributed by atoms with Gasteiger partial charge in [0.05, 0.1) is 16.3 Å². The fourth-order valence-corrected chi connectivity index (χ4v) is 2.41.